The molecule has 3 atom stereocenters. The van der Waals surface area contributed by atoms with E-state index in [0.717, 1.165) is 22.9 Å². The fraction of sp³-hybridized carbons (Fsp3) is 0.625. The fourth-order valence-corrected chi connectivity index (χ4v) is 3.91. The van der Waals surface area contributed by atoms with Crippen molar-refractivity contribution in [3.8, 4) is 5.88 Å². The lowest BCUT2D eigenvalue weighted by Gasteiger charge is -2.23. The summed E-state index contributed by atoms with van der Waals surface area (Å²) in [5.41, 5.74) is 1.80. The number of alkyl halides is 1. The van der Waals surface area contributed by atoms with Crippen LogP contribution >= 0.6 is 11.6 Å². The van der Waals surface area contributed by atoms with Crippen LogP contribution in [0.3, 0.4) is 0 Å². The monoisotopic (exact) mass is 307 g/mol. The molecule has 0 N–H and O–H groups in total. The van der Waals surface area contributed by atoms with Gasteiger partial charge in [-0.05, 0) is 30.7 Å². The zero-order valence-electron chi connectivity index (χ0n) is 12.8. The first-order valence-electron chi connectivity index (χ1n) is 7.67. The topological polar surface area (TPSA) is 39.9 Å². The summed E-state index contributed by atoms with van der Waals surface area (Å²) in [7, 11) is 1.64. The first kappa shape index (κ1) is 14.6. The number of methoxy groups -OCH3 is 1. The first-order chi connectivity index (χ1) is 10.2. The van der Waals surface area contributed by atoms with E-state index in [0.29, 0.717) is 23.7 Å². The highest BCUT2D eigenvalue weighted by molar-refractivity contribution is 6.16. The predicted molar refractivity (Wildman–Crippen MR) is 84.9 cm³/mol. The molecule has 2 heterocycles. The molecule has 21 heavy (non-hydrogen) atoms. The third kappa shape index (κ3) is 2.39. The molecule has 0 aromatic carbocycles. The van der Waals surface area contributed by atoms with E-state index in [2.05, 4.69) is 28.4 Å². The summed E-state index contributed by atoms with van der Waals surface area (Å²) in [5.74, 6) is 3.37. The molecule has 0 bridgehead atoms. The maximum atomic E-state index is 6.13. The number of hydrogen-bond acceptors (Lipinski definition) is 3. The molecular weight excluding hydrogens is 286 g/mol. The van der Waals surface area contributed by atoms with E-state index in [-0.39, 0.29) is 0 Å². The lowest BCUT2D eigenvalue weighted by atomic mass is 9.93. The van der Waals surface area contributed by atoms with Gasteiger partial charge in [-0.2, -0.15) is 4.98 Å². The highest BCUT2D eigenvalue weighted by Crippen LogP contribution is 2.43. The van der Waals surface area contributed by atoms with E-state index in [1.54, 1.807) is 7.11 Å². The van der Waals surface area contributed by atoms with Gasteiger partial charge in [0.25, 0.3) is 0 Å². The Kier molecular flexibility index (Phi) is 4.07. The third-order valence-electron chi connectivity index (χ3n) is 4.95. The zero-order valence-corrected chi connectivity index (χ0v) is 13.6. The fourth-order valence-electron chi connectivity index (χ4n) is 3.72. The maximum Gasteiger partial charge on any atom is 0.215 e. The standard InChI is InChI=1S/C16H22ClN3O/c1-4-11-5-7-13(10(11)2)20-14(9-17)18-12-6-8-15(21-3)19-16(12)20/h6,8,10-11,13H,4-5,7,9H2,1-3H3. The molecule has 5 heteroatoms. The molecule has 114 valence electrons. The Morgan fingerprint density at radius 1 is 1.33 bits per heavy atom. The largest absolute Gasteiger partial charge is 0.481 e. The van der Waals surface area contributed by atoms with Crippen LogP contribution in [0, 0.1) is 11.8 Å². The number of hydrogen-bond donors (Lipinski definition) is 0. The van der Waals surface area contributed by atoms with Crippen LogP contribution in [0.2, 0.25) is 0 Å². The van der Waals surface area contributed by atoms with Crippen molar-refractivity contribution in [2.24, 2.45) is 11.8 Å². The Morgan fingerprint density at radius 3 is 2.76 bits per heavy atom. The van der Waals surface area contributed by atoms with Crippen LogP contribution in [-0.2, 0) is 5.88 Å². The van der Waals surface area contributed by atoms with Gasteiger partial charge in [0.1, 0.15) is 11.3 Å². The van der Waals surface area contributed by atoms with E-state index in [1.807, 2.05) is 12.1 Å². The molecule has 0 amide bonds. The Morgan fingerprint density at radius 2 is 2.14 bits per heavy atom. The van der Waals surface area contributed by atoms with Crippen molar-refractivity contribution < 1.29 is 4.74 Å². The Hall–Kier alpha value is -1.29. The Balaban J connectivity index is 2.11. The van der Waals surface area contributed by atoms with E-state index in [1.165, 1.54) is 19.3 Å². The van der Waals surface area contributed by atoms with Gasteiger partial charge in [-0.1, -0.05) is 20.3 Å². The van der Waals surface area contributed by atoms with Crippen LogP contribution < -0.4 is 4.74 Å². The van der Waals surface area contributed by atoms with Crippen molar-refractivity contribution in [1.29, 1.82) is 0 Å². The van der Waals surface area contributed by atoms with Gasteiger partial charge in [-0.3, -0.25) is 0 Å². The molecule has 3 rings (SSSR count). The second kappa shape index (κ2) is 5.84. The smallest absolute Gasteiger partial charge is 0.215 e. The second-order valence-corrected chi connectivity index (χ2v) is 6.17. The van der Waals surface area contributed by atoms with Gasteiger partial charge in [-0.25, -0.2) is 4.98 Å². The first-order valence-corrected chi connectivity index (χ1v) is 8.20. The number of nitrogens with zero attached hydrogens (tertiary/aromatic N) is 3. The summed E-state index contributed by atoms with van der Waals surface area (Å²) >= 11 is 6.13. The van der Waals surface area contributed by atoms with Crippen LogP contribution in [0.5, 0.6) is 5.88 Å². The maximum absolute atomic E-state index is 6.13. The van der Waals surface area contributed by atoms with Gasteiger partial charge in [0.2, 0.25) is 5.88 Å². The van der Waals surface area contributed by atoms with E-state index < -0.39 is 0 Å². The second-order valence-electron chi connectivity index (χ2n) is 5.90. The van der Waals surface area contributed by atoms with Crippen molar-refractivity contribution in [3.63, 3.8) is 0 Å². The van der Waals surface area contributed by atoms with Gasteiger partial charge in [0, 0.05) is 12.1 Å². The van der Waals surface area contributed by atoms with Crippen LogP contribution in [0.25, 0.3) is 11.2 Å². The highest BCUT2D eigenvalue weighted by atomic mass is 35.5. The van der Waals surface area contributed by atoms with Crippen molar-refractivity contribution in [2.75, 3.05) is 7.11 Å². The molecule has 1 aliphatic rings. The minimum atomic E-state index is 0.415. The third-order valence-corrected chi connectivity index (χ3v) is 5.19. The van der Waals surface area contributed by atoms with Gasteiger partial charge < -0.3 is 9.30 Å². The molecule has 1 fully saturated rings. The normalized spacial score (nSPS) is 25.6. The van der Waals surface area contributed by atoms with E-state index >= 15 is 0 Å². The average Bonchev–Trinajstić information content (AvgIpc) is 3.05. The predicted octanol–water partition coefficient (Wildman–Crippen LogP) is 4.18. The Bertz CT molecular complexity index is 640. The van der Waals surface area contributed by atoms with Crippen molar-refractivity contribution in [2.45, 2.75) is 45.0 Å². The number of ether oxygens (including phenoxy) is 1. The molecule has 0 radical (unpaired) electrons. The molecule has 0 saturated heterocycles. The van der Waals surface area contributed by atoms with Gasteiger partial charge in [0.05, 0.1) is 13.0 Å². The quantitative estimate of drug-likeness (QED) is 0.796. The number of pyridine rings is 1. The van der Waals surface area contributed by atoms with Crippen molar-refractivity contribution >= 4 is 22.8 Å². The van der Waals surface area contributed by atoms with E-state index in [4.69, 9.17) is 16.3 Å². The summed E-state index contributed by atoms with van der Waals surface area (Å²) in [4.78, 5) is 9.26. The molecule has 3 unspecified atom stereocenters. The molecule has 0 spiro atoms. The van der Waals surface area contributed by atoms with Crippen LogP contribution in [0.15, 0.2) is 12.1 Å². The molecule has 0 aliphatic heterocycles. The summed E-state index contributed by atoms with van der Waals surface area (Å²) in [6.07, 6.45) is 3.68. The molecule has 2 aromatic heterocycles. The minimum absolute atomic E-state index is 0.415. The minimum Gasteiger partial charge on any atom is -0.481 e. The lowest BCUT2D eigenvalue weighted by molar-refractivity contribution is 0.329. The number of rotatable bonds is 4. The molecular formula is C16H22ClN3O. The van der Waals surface area contributed by atoms with Crippen LogP contribution in [-0.4, -0.2) is 21.6 Å². The SMILES string of the molecule is CCC1CCC(n2c(CCl)nc3ccc(OC)nc32)C1C. The van der Waals surface area contributed by atoms with Gasteiger partial charge in [0.15, 0.2) is 5.65 Å². The molecule has 1 saturated carbocycles. The highest BCUT2D eigenvalue weighted by Gasteiger charge is 2.35. The number of fused-ring (bicyclic) bond motifs is 1. The summed E-state index contributed by atoms with van der Waals surface area (Å²) in [6, 6.07) is 4.25. The summed E-state index contributed by atoms with van der Waals surface area (Å²) < 4.78 is 7.52. The summed E-state index contributed by atoms with van der Waals surface area (Å²) in [6.45, 7) is 4.62. The van der Waals surface area contributed by atoms with Crippen molar-refractivity contribution in [1.82, 2.24) is 14.5 Å². The summed E-state index contributed by atoms with van der Waals surface area (Å²) in [5, 5.41) is 0. The van der Waals surface area contributed by atoms with Crippen LogP contribution in [0.4, 0.5) is 0 Å². The Labute approximate surface area is 130 Å². The lowest BCUT2D eigenvalue weighted by Crippen LogP contribution is -2.17. The van der Waals surface area contributed by atoms with E-state index in [9.17, 15) is 0 Å². The van der Waals surface area contributed by atoms with Crippen LogP contribution in [0.1, 0.15) is 45.0 Å². The number of aromatic nitrogens is 3. The molecule has 2 aromatic rings. The number of imidazole rings is 1. The number of halogens is 1. The average molecular weight is 308 g/mol. The van der Waals surface area contributed by atoms with Gasteiger partial charge >= 0.3 is 0 Å². The van der Waals surface area contributed by atoms with Crippen molar-refractivity contribution in [3.05, 3.63) is 18.0 Å². The molecule has 1 aliphatic carbocycles. The molecule has 4 nitrogen and oxygen atoms in total. The zero-order chi connectivity index (χ0) is 15.0. The van der Waals surface area contributed by atoms with Gasteiger partial charge in [-0.15, -0.1) is 11.6 Å².